The summed E-state index contributed by atoms with van der Waals surface area (Å²) in [6.45, 7) is 2.50. The van der Waals surface area contributed by atoms with Crippen LogP contribution in [-0.4, -0.2) is 23.7 Å². The molecule has 0 heterocycles. The fourth-order valence-corrected chi connectivity index (χ4v) is 1.80. The lowest BCUT2D eigenvalue weighted by atomic mass is 10.1. The van der Waals surface area contributed by atoms with Gasteiger partial charge in [-0.2, -0.15) is 0 Å². The highest BCUT2D eigenvalue weighted by molar-refractivity contribution is 5.73. The molecule has 0 aliphatic heterocycles. The molecule has 1 atom stereocenters. The topological polar surface area (TPSA) is 49.3 Å². The fourth-order valence-electron chi connectivity index (χ4n) is 1.80. The molecule has 3 nitrogen and oxygen atoms in total. The summed E-state index contributed by atoms with van der Waals surface area (Å²) in [5.74, 6) is -1.07. The number of nitrogens with one attached hydrogen (secondary N) is 1. The van der Waals surface area contributed by atoms with Crippen molar-refractivity contribution in [3.63, 3.8) is 0 Å². The Hall–Kier alpha value is -1.42. The van der Waals surface area contributed by atoms with Gasteiger partial charge >= 0.3 is 5.97 Å². The average molecular weight is 253 g/mol. The van der Waals surface area contributed by atoms with Crippen LogP contribution in [0.5, 0.6) is 0 Å². The van der Waals surface area contributed by atoms with E-state index in [2.05, 4.69) is 5.32 Å². The number of hydrogen-bond acceptors (Lipinski definition) is 2. The molecule has 0 fully saturated rings. The van der Waals surface area contributed by atoms with Crippen LogP contribution in [0.3, 0.4) is 0 Å². The van der Waals surface area contributed by atoms with E-state index in [1.165, 1.54) is 6.07 Å². The number of rotatable bonds is 8. The van der Waals surface area contributed by atoms with Crippen molar-refractivity contribution < 1.29 is 14.3 Å². The van der Waals surface area contributed by atoms with Crippen LogP contribution in [0.4, 0.5) is 4.39 Å². The highest BCUT2D eigenvalue weighted by Gasteiger charge is 2.15. The van der Waals surface area contributed by atoms with Crippen LogP contribution in [0, 0.1) is 5.82 Å². The molecule has 0 aromatic heterocycles. The van der Waals surface area contributed by atoms with Crippen molar-refractivity contribution in [3.05, 3.63) is 35.6 Å². The lowest BCUT2D eigenvalue weighted by molar-refractivity contribution is -0.139. The molecule has 0 spiro atoms. The Kier molecular flexibility index (Phi) is 6.36. The highest BCUT2D eigenvalue weighted by atomic mass is 19.1. The van der Waals surface area contributed by atoms with Gasteiger partial charge in [0.05, 0.1) is 0 Å². The van der Waals surface area contributed by atoms with Gasteiger partial charge in [-0.25, -0.2) is 4.39 Å². The molecular formula is C14H20FNO2. The number of carbonyl (C=O) groups is 1. The Labute approximate surface area is 107 Å². The summed E-state index contributed by atoms with van der Waals surface area (Å²) in [4.78, 5) is 11.0. The van der Waals surface area contributed by atoms with Crippen LogP contribution in [0.15, 0.2) is 24.3 Å². The third kappa shape index (κ3) is 4.84. The Morgan fingerprint density at radius 1 is 1.44 bits per heavy atom. The first-order valence-corrected chi connectivity index (χ1v) is 6.34. The molecule has 100 valence electrons. The molecule has 1 aromatic carbocycles. The van der Waals surface area contributed by atoms with E-state index in [0.717, 1.165) is 12.8 Å². The van der Waals surface area contributed by atoms with Gasteiger partial charge in [0.25, 0.3) is 0 Å². The lowest BCUT2D eigenvalue weighted by Crippen LogP contribution is -2.37. The average Bonchev–Trinajstić information content (AvgIpc) is 2.35. The van der Waals surface area contributed by atoms with Crippen molar-refractivity contribution in [3.8, 4) is 0 Å². The van der Waals surface area contributed by atoms with Gasteiger partial charge in [-0.05, 0) is 24.5 Å². The summed E-state index contributed by atoms with van der Waals surface area (Å²) >= 11 is 0. The van der Waals surface area contributed by atoms with Crippen molar-refractivity contribution >= 4 is 5.97 Å². The van der Waals surface area contributed by atoms with Crippen molar-refractivity contribution in [2.24, 2.45) is 0 Å². The van der Waals surface area contributed by atoms with Crippen molar-refractivity contribution in [1.82, 2.24) is 5.32 Å². The summed E-state index contributed by atoms with van der Waals surface area (Å²) in [6, 6.07) is 6.04. The predicted molar refractivity (Wildman–Crippen MR) is 69.1 cm³/mol. The van der Waals surface area contributed by atoms with E-state index in [0.29, 0.717) is 24.9 Å². The van der Waals surface area contributed by atoms with Crippen LogP contribution in [-0.2, 0) is 11.2 Å². The van der Waals surface area contributed by atoms with Gasteiger partial charge in [-0.1, -0.05) is 38.0 Å². The summed E-state index contributed by atoms with van der Waals surface area (Å²) in [6.07, 6.45) is 2.97. The van der Waals surface area contributed by atoms with Crippen molar-refractivity contribution in [2.75, 3.05) is 6.54 Å². The molecule has 0 aliphatic carbocycles. The van der Waals surface area contributed by atoms with Crippen LogP contribution >= 0.6 is 0 Å². The number of aliphatic carboxylic acids is 1. The molecule has 0 amide bonds. The minimum absolute atomic E-state index is 0.236. The molecule has 1 aromatic rings. The van der Waals surface area contributed by atoms with Gasteiger partial charge < -0.3 is 10.4 Å². The second-order valence-corrected chi connectivity index (χ2v) is 4.33. The number of benzene rings is 1. The Morgan fingerprint density at radius 2 is 2.17 bits per heavy atom. The second-order valence-electron chi connectivity index (χ2n) is 4.33. The smallest absolute Gasteiger partial charge is 0.320 e. The Bertz CT molecular complexity index is 382. The zero-order valence-electron chi connectivity index (χ0n) is 10.7. The van der Waals surface area contributed by atoms with E-state index in [4.69, 9.17) is 5.11 Å². The van der Waals surface area contributed by atoms with E-state index in [9.17, 15) is 9.18 Å². The largest absolute Gasteiger partial charge is 0.480 e. The first-order chi connectivity index (χ1) is 8.65. The third-order valence-corrected chi connectivity index (χ3v) is 2.89. The summed E-state index contributed by atoms with van der Waals surface area (Å²) in [5.41, 5.74) is 0.615. The van der Waals surface area contributed by atoms with E-state index >= 15 is 0 Å². The lowest BCUT2D eigenvalue weighted by Gasteiger charge is -2.14. The SMILES string of the molecule is CCCCC(NCCc1ccccc1F)C(=O)O. The molecule has 18 heavy (non-hydrogen) atoms. The number of halogens is 1. The predicted octanol–water partition coefficient (Wildman–Crippen LogP) is 2.60. The van der Waals surface area contributed by atoms with Crippen LogP contribution < -0.4 is 5.32 Å². The standard InChI is InChI=1S/C14H20FNO2/c1-2-3-8-13(14(17)18)16-10-9-11-6-4-5-7-12(11)15/h4-7,13,16H,2-3,8-10H2,1H3,(H,17,18). The highest BCUT2D eigenvalue weighted by Crippen LogP contribution is 2.07. The van der Waals surface area contributed by atoms with Gasteiger partial charge in [0.1, 0.15) is 11.9 Å². The van der Waals surface area contributed by atoms with Crippen LogP contribution in [0.2, 0.25) is 0 Å². The first kappa shape index (κ1) is 14.6. The van der Waals surface area contributed by atoms with E-state index in [1.54, 1.807) is 18.2 Å². The van der Waals surface area contributed by atoms with E-state index in [-0.39, 0.29) is 5.82 Å². The third-order valence-electron chi connectivity index (χ3n) is 2.89. The van der Waals surface area contributed by atoms with Gasteiger partial charge in [0, 0.05) is 6.54 Å². The quantitative estimate of drug-likeness (QED) is 0.748. The number of unbranched alkanes of at least 4 members (excludes halogenated alkanes) is 1. The Morgan fingerprint density at radius 3 is 2.78 bits per heavy atom. The molecule has 0 aliphatic rings. The summed E-state index contributed by atoms with van der Waals surface area (Å²) < 4.78 is 13.3. The van der Waals surface area contributed by atoms with E-state index in [1.807, 2.05) is 6.92 Å². The first-order valence-electron chi connectivity index (χ1n) is 6.34. The molecular weight excluding hydrogens is 233 g/mol. The maximum atomic E-state index is 13.3. The van der Waals surface area contributed by atoms with Gasteiger partial charge in [-0.3, -0.25) is 4.79 Å². The van der Waals surface area contributed by atoms with Crippen LogP contribution in [0.25, 0.3) is 0 Å². The number of carboxylic acid groups (broad SMARTS) is 1. The minimum atomic E-state index is -0.836. The maximum absolute atomic E-state index is 13.3. The molecule has 2 N–H and O–H groups in total. The maximum Gasteiger partial charge on any atom is 0.320 e. The van der Waals surface area contributed by atoms with E-state index < -0.39 is 12.0 Å². The summed E-state index contributed by atoms with van der Waals surface area (Å²) in [7, 11) is 0. The normalized spacial score (nSPS) is 12.3. The second kappa shape index (κ2) is 7.82. The molecule has 0 radical (unpaired) electrons. The minimum Gasteiger partial charge on any atom is -0.480 e. The Balaban J connectivity index is 2.39. The van der Waals surface area contributed by atoms with Gasteiger partial charge in [0.2, 0.25) is 0 Å². The van der Waals surface area contributed by atoms with Gasteiger partial charge in [0.15, 0.2) is 0 Å². The fraction of sp³-hybridized carbons (Fsp3) is 0.500. The van der Waals surface area contributed by atoms with Crippen LogP contribution in [0.1, 0.15) is 31.7 Å². The molecule has 1 rings (SSSR count). The number of carboxylic acids is 1. The molecule has 4 heteroatoms. The van der Waals surface area contributed by atoms with Crippen molar-refractivity contribution in [2.45, 2.75) is 38.6 Å². The monoisotopic (exact) mass is 253 g/mol. The summed E-state index contributed by atoms with van der Waals surface area (Å²) in [5, 5.41) is 12.0. The zero-order valence-corrected chi connectivity index (χ0v) is 10.7. The van der Waals surface area contributed by atoms with Gasteiger partial charge in [-0.15, -0.1) is 0 Å². The number of hydrogen-bond donors (Lipinski definition) is 2. The zero-order chi connectivity index (χ0) is 13.4. The molecule has 1 unspecified atom stereocenters. The molecule has 0 bridgehead atoms. The molecule has 0 saturated carbocycles. The van der Waals surface area contributed by atoms with Crippen molar-refractivity contribution in [1.29, 1.82) is 0 Å². The molecule has 0 saturated heterocycles.